The molecule has 1 aromatic heterocycles. The number of fused-ring (bicyclic) bond motifs is 1. The molecular formula is C16H13N3O2. The fourth-order valence-electron chi connectivity index (χ4n) is 2.19. The van der Waals surface area contributed by atoms with Gasteiger partial charge in [0.25, 0.3) is 0 Å². The topological polar surface area (TPSA) is 88.2 Å². The normalized spacial score (nSPS) is 10.5. The van der Waals surface area contributed by atoms with Crippen molar-refractivity contribution in [3.8, 4) is 0 Å². The van der Waals surface area contributed by atoms with Crippen LogP contribution in [0, 0.1) is 0 Å². The van der Waals surface area contributed by atoms with E-state index >= 15 is 0 Å². The zero-order valence-corrected chi connectivity index (χ0v) is 11.1. The van der Waals surface area contributed by atoms with Gasteiger partial charge in [0.2, 0.25) is 0 Å². The fourth-order valence-corrected chi connectivity index (χ4v) is 2.19. The van der Waals surface area contributed by atoms with Gasteiger partial charge in [-0.05, 0) is 17.5 Å². The highest BCUT2D eigenvalue weighted by Crippen LogP contribution is 2.26. The summed E-state index contributed by atoms with van der Waals surface area (Å²) in [6, 6.07) is 15.2. The summed E-state index contributed by atoms with van der Waals surface area (Å²) in [5.74, 6) is -0.631. The molecule has 0 unspecified atom stereocenters. The number of aromatic carboxylic acids is 1. The van der Waals surface area contributed by atoms with Crippen LogP contribution in [0.15, 0.2) is 54.7 Å². The summed E-state index contributed by atoms with van der Waals surface area (Å²) in [6.07, 6.45) is 1.34. The molecule has 0 spiro atoms. The van der Waals surface area contributed by atoms with Crippen LogP contribution in [0.3, 0.4) is 0 Å². The highest BCUT2D eigenvalue weighted by atomic mass is 16.4. The molecule has 21 heavy (non-hydrogen) atoms. The number of carboxylic acid groups (broad SMARTS) is 1. The number of pyridine rings is 1. The van der Waals surface area contributed by atoms with Crippen molar-refractivity contribution in [2.45, 2.75) is 0 Å². The summed E-state index contributed by atoms with van der Waals surface area (Å²) in [5, 5.41) is 14.4. The Balaban J connectivity index is 2.03. The van der Waals surface area contributed by atoms with E-state index in [1.54, 1.807) is 0 Å². The molecule has 0 amide bonds. The second-order valence-electron chi connectivity index (χ2n) is 4.61. The van der Waals surface area contributed by atoms with Gasteiger partial charge in [-0.25, -0.2) is 9.78 Å². The van der Waals surface area contributed by atoms with Gasteiger partial charge in [-0.15, -0.1) is 0 Å². The van der Waals surface area contributed by atoms with Crippen molar-refractivity contribution < 1.29 is 9.90 Å². The van der Waals surface area contributed by atoms with Gasteiger partial charge >= 0.3 is 5.97 Å². The fraction of sp³-hybridized carbons (Fsp3) is 0. The lowest BCUT2D eigenvalue weighted by molar-refractivity contribution is 0.0698. The van der Waals surface area contributed by atoms with Crippen LogP contribution >= 0.6 is 0 Å². The van der Waals surface area contributed by atoms with Crippen LogP contribution in [-0.2, 0) is 0 Å². The third-order valence-corrected chi connectivity index (χ3v) is 3.22. The van der Waals surface area contributed by atoms with E-state index in [2.05, 4.69) is 10.3 Å². The summed E-state index contributed by atoms with van der Waals surface area (Å²) in [6.45, 7) is 0. The number of hydrogen-bond donors (Lipinski definition) is 3. The number of hydrogen-bond acceptors (Lipinski definition) is 4. The van der Waals surface area contributed by atoms with Crippen LogP contribution in [-0.4, -0.2) is 16.1 Å². The van der Waals surface area contributed by atoms with Gasteiger partial charge < -0.3 is 16.2 Å². The molecule has 2 aromatic carbocycles. The number of benzene rings is 2. The zero-order chi connectivity index (χ0) is 14.8. The van der Waals surface area contributed by atoms with Gasteiger partial charge in [0.15, 0.2) is 0 Å². The average molecular weight is 279 g/mol. The first-order valence-electron chi connectivity index (χ1n) is 6.39. The van der Waals surface area contributed by atoms with Crippen LogP contribution in [0.1, 0.15) is 10.4 Å². The van der Waals surface area contributed by atoms with Gasteiger partial charge in [0.05, 0.1) is 17.4 Å². The van der Waals surface area contributed by atoms with E-state index in [4.69, 9.17) is 10.8 Å². The molecule has 0 saturated carbocycles. The van der Waals surface area contributed by atoms with E-state index in [1.807, 2.05) is 42.5 Å². The van der Waals surface area contributed by atoms with E-state index in [-0.39, 0.29) is 11.3 Å². The first kappa shape index (κ1) is 12.9. The number of nitrogens with zero attached hydrogens (tertiary/aromatic N) is 1. The lowest BCUT2D eigenvalue weighted by Gasteiger charge is -2.10. The maximum Gasteiger partial charge on any atom is 0.337 e. The molecule has 0 fully saturated rings. The summed E-state index contributed by atoms with van der Waals surface area (Å²) >= 11 is 0. The summed E-state index contributed by atoms with van der Waals surface area (Å²) in [4.78, 5) is 15.2. The van der Waals surface area contributed by atoms with Crippen LogP contribution < -0.4 is 11.1 Å². The largest absolute Gasteiger partial charge is 0.478 e. The highest BCUT2D eigenvalue weighted by Gasteiger charge is 2.10. The summed E-state index contributed by atoms with van der Waals surface area (Å²) < 4.78 is 0. The first-order chi connectivity index (χ1) is 10.1. The molecule has 0 aliphatic heterocycles. The van der Waals surface area contributed by atoms with Crippen molar-refractivity contribution in [1.82, 2.24) is 4.98 Å². The van der Waals surface area contributed by atoms with E-state index in [9.17, 15) is 4.79 Å². The number of nitrogens with two attached hydrogens (primary N) is 1. The van der Waals surface area contributed by atoms with Crippen molar-refractivity contribution in [2.75, 3.05) is 11.1 Å². The zero-order valence-electron chi connectivity index (χ0n) is 11.1. The predicted octanol–water partition coefficient (Wildman–Crippen LogP) is 3.26. The number of carboxylic acids is 1. The minimum absolute atomic E-state index is 0.0349. The number of anilines is 3. The van der Waals surface area contributed by atoms with Crippen LogP contribution in [0.25, 0.3) is 10.8 Å². The Labute approximate surface area is 121 Å². The number of carbonyl (C=O) groups is 1. The molecule has 0 bridgehead atoms. The molecular weight excluding hydrogens is 266 g/mol. The van der Waals surface area contributed by atoms with Gasteiger partial charge in [-0.1, -0.05) is 36.4 Å². The van der Waals surface area contributed by atoms with Crippen molar-refractivity contribution >= 4 is 33.9 Å². The Hall–Kier alpha value is -3.08. The maximum absolute atomic E-state index is 11.1. The lowest BCUT2D eigenvalue weighted by atomic mass is 10.1. The van der Waals surface area contributed by atoms with Crippen LogP contribution in [0.2, 0.25) is 0 Å². The second-order valence-corrected chi connectivity index (χ2v) is 4.61. The molecule has 5 heteroatoms. The molecule has 0 saturated heterocycles. The van der Waals surface area contributed by atoms with Crippen LogP contribution in [0.5, 0.6) is 0 Å². The van der Waals surface area contributed by atoms with E-state index in [1.165, 1.54) is 12.3 Å². The first-order valence-corrected chi connectivity index (χ1v) is 6.39. The molecule has 104 valence electrons. The maximum atomic E-state index is 11.1. The predicted molar refractivity (Wildman–Crippen MR) is 82.8 cm³/mol. The third-order valence-electron chi connectivity index (χ3n) is 3.22. The van der Waals surface area contributed by atoms with Crippen molar-refractivity contribution in [3.05, 3.63) is 60.3 Å². The van der Waals surface area contributed by atoms with E-state index < -0.39 is 5.97 Å². The Morgan fingerprint density at radius 3 is 2.71 bits per heavy atom. The molecule has 0 radical (unpaired) electrons. The number of aromatic nitrogens is 1. The SMILES string of the molecule is Nc1cnc(Nc2cccc3ccccc23)cc1C(=O)O. The molecule has 0 aliphatic rings. The minimum atomic E-state index is -1.07. The van der Waals surface area contributed by atoms with E-state index in [0.717, 1.165) is 16.5 Å². The van der Waals surface area contributed by atoms with Crippen molar-refractivity contribution in [2.24, 2.45) is 0 Å². The van der Waals surface area contributed by atoms with E-state index in [0.29, 0.717) is 5.82 Å². The molecule has 0 atom stereocenters. The second kappa shape index (κ2) is 5.13. The molecule has 3 aromatic rings. The van der Waals surface area contributed by atoms with Gasteiger partial charge in [0, 0.05) is 11.1 Å². The van der Waals surface area contributed by atoms with Gasteiger partial charge in [-0.2, -0.15) is 0 Å². The Bertz CT molecular complexity index is 825. The van der Waals surface area contributed by atoms with Gasteiger partial charge in [0.1, 0.15) is 5.82 Å². The third kappa shape index (κ3) is 2.49. The Morgan fingerprint density at radius 2 is 1.90 bits per heavy atom. The lowest BCUT2D eigenvalue weighted by Crippen LogP contribution is -2.05. The minimum Gasteiger partial charge on any atom is -0.478 e. The summed E-state index contributed by atoms with van der Waals surface area (Å²) in [7, 11) is 0. The van der Waals surface area contributed by atoms with Gasteiger partial charge in [-0.3, -0.25) is 0 Å². The standard InChI is InChI=1S/C16H13N3O2/c17-13-9-18-15(8-12(13)16(20)21)19-14-7-3-5-10-4-1-2-6-11(10)14/h1-9H,17H2,(H,18,19)(H,20,21). The van der Waals surface area contributed by atoms with Crippen molar-refractivity contribution in [3.63, 3.8) is 0 Å². The van der Waals surface area contributed by atoms with Crippen LogP contribution in [0.4, 0.5) is 17.2 Å². The molecule has 5 nitrogen and oxygen atoms in total. The Kier molecular flexibility index (Phi) is 3.16. The molecule has 3 rings (SSSR count). The number of nitrogen functional groups attached to an aromatic ring is 1. The highest BCUT2D eigenvalue weighted by molar-refractivity contribution is 5.97. The monoisotopic (exact) mass is 279 g/mol. The molecule has 0 aliphatic carbocycles. The quantitative estimate of drug-likeness (QED) is 0.685. The average Bonchev–Trinajstić information content (AvgIpc) is 2.49. The molecule has 1 heterocycles. The Morgan fingerprint density at radius 1 is 1.14 bits per heavy atom. The number of rotatable bonds is 3. The summed E-state index contributed by atoms with van der Waals surface area (Å²) in [5.41, 5.74) is 6.65. The molecule has 4 N–H and O–H groups in total. The smallest absolute Gasteiger partial charge is 0.337 e. The van der Waals surface area contributed by atoms with Crippen molar-refractivity contribution in [1.29, 1.82) is 0 Å². The number of nitrogens with one attached hydrogen (secondary N) is 1.